The predicted molar refractivity (Wildman–Crippen MR) is 101 cm³/mol. The Hall–Kier alpha value is -0.601. The van der Waals surface area contributed by atoms with E-state index in [-0.39, 0.29) is 10.5 Å². The molecule has 24 heavy (non-hydrogen) atoms. The molecular weight excluding hydrogens is 433 g/mol. The molecule has 0 spiro atoms. The second-order valence-corrected chi connectivity index (χ2v) is 17.5. The molecule has 1 aromatic rings. The number of benzene rings is 1. The molecule has 0 saturated heterocycles. The maximum absolute atomic E-state index is 12.1. The van der Waals surface area contributed by atoms with Crippen LogP contribution in [0.1, 0.15) is 45.0 Å². The van der Waals surface area contributed by atoms with E-state index >= 15 is 0 Å². The van der Waals surface area contributed by atoms with E-state index in [1.807, 2.05) is 0 Å². The second-order valence-electron chi connectivity index (χ2n) is 5.23. The zero-order valence-corrected chi connectivity index (χ0v) is 19.0. The van der Waals surface area contributed by atoms with Gasteiger partial charge in [-0.15, -0.1) is 0 Å². The number of carboxylic acids is 1. The van der Waals surface area contributed by atoms with E-state index in [1.54, 1.807) is 27.2 Å². The fourth-order valence-corrected chi connectivity index (χ4v) is 7.97. The van der Waals surface area contributed by atoms with Crippen molar-refractivity contribution in [2.45, 2.75) is 52.8 Å². The van der Waals surface area contributed by atoms with E-state index in [9.17, 15) is 13.2 Å². The number of rotatable bonds is 8. The Bertz CT molecular complexity index is 574. The number of hydrogen-bond acceptors (Lipinski definition) is 3. The van der Waals surface area contributed by atoms with Gasteiger partial charge in [-0.05, 0) is 24.3 Å². The Balaban J connectivity index is 0.000000640. The Kier molecular flexibility index (Phi) is 11.6. The molecule has 1 aromatic carbocycles. The summed E-state index contributed by atoms with van der Waals surface area (Å²) in [5.41, 5.74) is 0.0727. The van der Waals surface area contributed by atoms with Crippen LogP contribution in [0.15, 0.2) is 29.2 Å². The van der Waals surface area contributed by atoms with E-state index in [1.165, 1.54) is 28.6 Å². The molecule has 1 N–H and O–H groups in total. The van der Waals surface area contributed by atoms with Gasteiger partial charge in [0.1, 0.15) is 0 Å². The third-order valence-electron chi connectivity index (χ3n) is 3.94. The molecule has 0 atom stereocenters. The third-order valence-corrected chi connectivity index (χ3v) is 14.6. The van der Waals surface area contributed by atoms with Crippen molar-refractivity contribution in [2.24, 2.45) is 0 Å². The summed E-state index contributed by atoms with van der Waals surface area (Å²) < 4.78 is 30.1. The van der Waals surface area contributed by atoms with Crippen LogP contribution in [0.4, 0.5) is 0 Å². The second kappa shape index (κ2) is 11.9. The topological polar surface area (TPSA) is 74.7 Å². The number of carbonyl (C=O) groups is 1. The van der Waals surface area contributed by atoms with Crippen LogP contribution in [0.2, 0.25) is 13.3 Å². The van der Waals surface area contributed by atoms with Gasteiger partial charge in [-0.2, -0.15) is 4.31 Å². The standard InChI is InChI=1S/C11H15NO4S.3C2H5.Sn/c1-3-12(4-2)17(15,16)10-7-5-9(6-8-10)11(13)14;3*1-2;/h5-8H,3-4H2,1-2H3,(H,13,14);3*1H2,2H3;. The van der Waals surface area contributed by atoms with E-state index in [0.717, 1.165) is 0 Å². The van der Waals surface area contributed by atoms with E-state index in [0.29, 0.717) is 13.1 Å². The normalized spacial score (nSPS) is 11.3. The van der Waals surface area contributed by atoms with E-state index in [2.05, 4.69) is 20.8 Å². The molecule has 0 fully saturated rings. The summed E-state index contributed by atoms with van der Waals surface area (Å²) in [7, 11) is -3.50. The molecule has 0 aliphatic rings. The molecule has 0 aliphatic heterocycles. The van der Waals surface area contributed by atoms with Gasteiger partial charge in [-0.25, -0.2) is 13.2 Å². The van der Waals surface area contributed by atoms with Gasteiger partial charge < -0.3 is 5.11 Å². The Morgan fingerprint density at radius 1 is 0.958 bits per heavy atom. The van der Waals surface area contributed by atoms with Crippen molar-refractivity contribution in [1.82, 2.24) is 4.31 Å². The molecule has 0 aromatic heterocycles. The van der Waals surface area contributed by atoms with Crippen molar-refractivity contribution in [3.05, 3.63) is 29.8 Å². The minimum atomic E-state index is -3.50. The summed E-state index contributed by atoms with van der Waals surface area (Å²) in [6, 6.07) is 5.21. The molecule has 0 unspecified atom stereocenters. The number of carboxylic acid groups (broad SMARTS) is 1. The van der Waals surface area contributed by atoms with Gasteiger partial charge in [0.05, 0.1) is 10.5 Å². The number of hydrogen-bond donors (Lipinski definition) is 1. The molecule has 0 aliphatic carbocycles. The summed E-state index contributed by atoms with van der Waals surface area (Å²) in [5, 5.41) is 8.72. The maximum atomic E-state index is 12.1. The molecule has 1 rings (SSSR count). The van der Waals surface area contributed by atoms with Crippen molar-refractivity contribution in [2.75, 3.05) is 13.1 Å². The van der Waals surface area contributed by atoms with Crippen molar-refractivity contribution in [3.8, 4) is 0 Å². The fraction of sp³-hybridized carbons (Fsp3) is 0.588. The van der Waals surface area contributed by atoms with Gasteiger partial charge in [0.2, 0.25) is 10.0 Å². The minimum absolute atomic E-state index is 0.0727. The van der Waals surface area contributed by atoms with Crippen LogP contribution >= 0.6 is 0 Å². The molecule has 5 nitrogen and oxygen atoms in total. The first-order valence-corrected chi connectivity index (χ1v) is 15.9. The van der Waals surface area contributed by atoms with Crippen molar-refractivity contribution in [1.29, 1.82) is 0 Å². The molecular formula is C17H30NO4SSn. The van der Waals surface area contributed by atoms with Crippen LogP contribution in [0.5, 0.6) is 0 Å². The summed E-state index contributed by atoms with van der Waals surface area (Å²) in [6.07, 6.45) is 0. The van der Waals surface area contributed by atoms with Gasteiger partial charge >= 0.3 is 59.8 Å². The molecule has 7 heteroatoms. The zero-order chi connectivity index (χ0) is 18.8. The first-order valence-electron chi connectivity index (χ1n) is 8.45. The van der Waals surface area contributed by atoms with Crippen LogP contribution in [0.25, 0.3) is 0 Å². The molecule has 1 radical (unpaired) electrons. The average Bonchev–Trinajstić information content (AvgIpc) is 2.58. The van der Waals surface area contributed by atoms with E-state index in [4.69, 9.17) is 5.11 Å². The first kappa shape index (κ1) is 23.4. The van der Waals surface area contributed by atoms with Gasteiger partial charge in [0.25, 0.3) is 0 Å². The quantitative estimate of drug-likeness (QED) is 0.593. The SMILES string of the molecule is CCN(CC)S(=O)(=O)c1ccc(C(=O)O)cc1.C[CH2][Sn]([CH2]C)[CH2]C. The van der Waals surface area contributed by atoms with Crippen LogP contribution in [-0.2, 0) is 10.0 Å². The number of nitrogens with zero attached hydrogens (tertiary/aromatic N) is 1. The monoisotopic (exact) mass is 464 g/mol. The van der Waals surface area contributed by atoms with Crippen LogP contribution < -0.4 is 0 Å². The van der Waals surface area contributed by atoms with Crippen LogP contribution in [-0.4, -0.2) is 56.6 Å². The summed E-state index contributed by atoms with van der Waals surface area (Å²) in [5.74, 6) is -1.07. The van der Waals surface area contributed by atoms with Crippen molar-refractivity contribution >= 4 is 35.8 Å². The Morgan fingerprint density at radius 2 is 1.38 bits per heavy atom. The molecule has 0 amide bonds. The van der Waals surface area contributed by atoms with Crippen LogP contribution in [0.3, 0.4) is 0 Å². The number of aromatic carboxylic acids is 1. The van der Waals surface area contributed by atoms with Gasteiger partial charge in [-0.1, -0.05) is 13.8 Å². The predicted octanol–water partition coefficient (Wildman–Crippen LogP) is 3.96. The Labute approximate surface area is 153 Å². The summed E-state index contributed by atoms with van der Waals surface area (Å²) >= 11 is -0.653. The molecule has 0 saturated carbocycles. The molecule has 137 valence electrons. The summed E-state index contributed by atoms with van der Waals surface area (Å²) in [6.45, 7) is 11.3. The Morgan fingerprint density at radius 3 is 1.62 bits per heavy atom. The molecule has 0 bridgehead atoms. The first-order chi connectivity index (χ1) is 11.3. The molecule has 0 heterocycles. The van der Waals surface area contributed by atoms with Crippen molar-refractivity contribution in [3.63, 3.8) is 0 Å². The van der Waals surface area contributed by atoms with Gasteiger partial charge in [-0.3, -0.25) is 0 Å². The fourth-order valence-electron chi connectivity index (χ4n) is 2.23. The zero-order valence-electron chi connectivity index (χ0n) is 15.4. The number of sulfonamides is 1. The van der Waals surface area contributed by atoms with Crippen LogP contribution in [0, 0.1) is 0 Å². The van der Waals surface area contributed by atoms with Crippen molar-refractivity contribution < 1.29 is 18.3 Å². The van der Waals surface area contributed by atoms with E-state index < -0.39 is 35.8 Å². The summed E-state index contributed by atoms with van der Waals surface area (Å²) in [4.78, 5) is 10.8. The average molecular weight is 463 g/mol. The van der Waals surface area contributed by atoms with Gasteiger partial charge in [0, 0.05) is 13.1 Å². The third kappa shape index (κ3) is 7.11. The van der Waals surface area contributed by atoms with Gasteiger partial charge in [0.15, 0.2) is 0 Å².